The Bertz CT molecular complexity index is 416. The molecule has 0 heterocycles. The van der Waals surface area contributed by atoms with E-state index < -0.39 is 0 Å². The Morgan fingerprint density at radius 2 is 2.24 bits per heavy atom. The number of rotatable bonds is 4. The van der Waals surface area contributed by atoms with Crippen LogP contribution in [0.4, 0.5) is 5.69 Å². The summed E-state index contributed by atoms with van der Waals surface area (Å²) in [4.78, 5) is 11.9. The van der Waals surface area contributed by atoms with Crippen LogP contribution in [0.1, 0.15) is 36.0 Å². The molecule has 92 valence electrons. The van der Waals surface area contributed by atoms with E-state index in [1.807, 2.05) is 0 Å². The van der Waals surface area contributed by atoms with Crippen molar-refractivity contribution in [2.24, 2.45) is 5.92 Å². The molecule has 1 saturated carbocycles. The Hall–Kier alpha value is -1.22. The van der Waals surface area contributed by atoms with Crippen molar-refractivity contribution in [2.45, 2.75) is 25.7 Å². The van der Waals surface area contributed by atoms with Crippen LogP contribution in [0.3, 0.4) is 0 Å². The fraction of sp³-hybridized carbons (Fsp3) is 0.462. The van der Waals surface area contributed by atoms with Crippen LogP contribution in [0.5, 0.6) is 0 Å². The molecule has 3 nitrogen and oxygen atoms in total. The summed E-state index contributed by atoms with van der Waals surface area (Å²) in [6.45, 7) is 0.717. The summed E-state index contributed by atoms with van der Waals surface area (Å²) in [5, 5.41) is 3.33. The van der Waals surface area contributed by atoms with Crippen molar-refractivity contribution in [1.82, 2.24) is 5.32 Å². The normalized spacial score (nSPS) is 15.4. The van der Waals surface area contributed by atoms with E-state index in [-0.39, 0.29) is 5.91 Å². The van der Waals surface area contributed by atoms with Crippen LogP contribution in [0, 0.1) is 5.92 Å². The molecule has 1 aliphatic carbocycles. The lowest BCUT2D eigenvalue weighted by Gasteiger charge is -2.25. The Morgan fingerprint density at radius 3 is 2.88 bits per heavy atom. The maximum absolute atomic E-state index is 11.9. The standard InChI is InChI=1S/C13H17ClN2O/c14-12-5-4-10(15)8-11(12)13(17)16-7-6-9-2-1-3-9/h4-5,8-9H,1-3,6-7,15H2,(H,16,17). The van der Waals surface area contributed by atoms with E-state index in [4.69, 9.17) is 17.3 Å². The third-order valence-electron chi connectivity index (χ3n) is 3.30. The largest absolute Gasteiger partial charge is 0.399 e. The van der Waals surface area contributed by atoms with Gasteiger partial charge >= 0.3 is 0 Å². The number of halogens is 1. The summed E-state index contributed by atoms with van der Waals surface area (Å²) in [6.07, 6.45) is 5.00. The van der Waals surface area contributed by atoms with Crippen LogP contribution < -0.4 is 11.1 Å². The number of benzene rings is 1. The van der Waals surface area contributed by atoms with E-state index in [0.717, 1.165) is 12.3 Å². The first kappa shape index (κ1) is 12.2. The number of nitrogens with one attached hydrogen (secondary N) is 1. The van der Waals surface area contributed by atoms with E-state index in [2.05, 4.69) is 5.32 Å². The smallest absolute Gasteiger partial charge is 0.252 e. The van der Waals surface area contributed by atoms with Crippen LogP contribution in [-0.2, 0) is 0 Å². The van der Waals surface area contributed by atoms with E-state index in [1.54, 1.807) is 18.2 Å². The topological polar surface area (TPSA) is 55.1 Å². The minimum absolute atomic E-state index is 0.137. The molecule has 0 saturated heterocycles. The number of hydrogen-bond donors (Lipinski definition) is 2. The van der Waals surface area contributed by atoms with Crippen molar-refractivity contribution in [3.05, 3.63) is 28.8 Å². The minimum atomic E-state index is -0.137. The molecular weight excluding hydrogens is 236 g/mol. The quantitative estimate of drug-likeness (QED) is 0.810. The fourth-order valence-corrected chi connectivity index (χ4v) is 2.19. The van der Waals surface area contributed by atoms with Crippen molar-refractivity contribution < 1.29 is 4.79 Å². The Balaban J connectivity index is 1.87. The van der Waals surface area contributed by atoms with E-state index in [9.17, 15) is 4.79 Å². The molecule has 0 atom stereocenters. The zero-order chi connectivity index (χ0) is 12.3. The fourth-order valence-electron chi connectivity index (χ4n) is 1.98. The molecule has 1 aromatic carbocycles. The molecule has 4 heteroatoms. The summed E-state index contributed by atoms with van der Waals surface area (Å²) < 4.78 is 0. The molecule has 1 aromatic rings. The summed E-state index contributed by atoms with van der Waals surface area (Å²) in [7, 11) is 0. The molecular formula is C13H17ClN2O. The lowest BCUT2D eigenvalue weighted by molar-refractivity contribution is 0.0949. The number of amides is 1. The summed E-state index contributed by atoms with van der Waals surface area (Å²) >= 11 is 5.95. The van der Waals surface area contributed by atoms with Gasteiger partial charge in [-0.3, -0.25) is 4.79 Å². The van der Waals surface area contributed by atoms with Gasteiger partial charge in [0.2, 0.25) is 0 Å². The van der Waals surface area contributed by atoms with Crippen LogP contribution >= 0.6 is 11.6 Å². The Labute approximate surface area is 106 Å². The van der Waals surface area contributed by atoms with Gasteiger partial charge in [-0.15, -0.1) is 0 Å². The molecule has 3 N–H and O–H groups in total. The van der Waals surface area contributed by atoms with Gasteiger partial charge in [0.05, 0.1) is 10.6 Å². The first-order chi connectivity index (χ1) is 8.16. The number of carbonyl (C=O) groups is 1. The van der Waals surface area contributed by atoms with Crippen molar-refractivity contribution in [3.63, 3.8) is 0 Å². The number of nitrogens with two attached hydrogens (primary N) is 1. The first-order valence-corrected chi connectivity index (χ1v) is 6.38. The maximum atomic E-state index is 11.9. The lowest BCUT2D eigenvalue weighted by atomic mass is 9.83. The molecule has 0 radical (unpaired) electrons. The third kappa shape index (κ3) is 3.13. The van der Waals surface area contributed by atoms with E-state index >= 15 is 0 Å². The second-order valence-electron chi connectivity index (χ2n) is 4.58. The second-order valence-corrected chi connectivity index (χ2v) is 4.99. The third-order valence-corrected chi connectivity index (χ3v) is 3.63. The van der Waals surface area contributed by atoms with Crippen LogP contribution in [0.25, 0.3) is 0 Å². The molecule has 2 rings (SSSR count). The number of carbonyl (C=O) groups excluding carboxylic acids is 1. The van der Waals surface area contributed by atoms with Gasteiger partial charge in [-0.2, -0.15) is 0 Å². The van der Waals surface area contributed by atoms with Crippen LogP contribution in [0.15, 0.2) is 18.2 Å². The van der Waals surface area contributed by atoms with Crippen LogP contribution in [-0.4, -0.2) is 12.5 Å². The lowest BCUT2D eigenvalue weighted by Crippen LogP contribution is -2.27. The van der Waals surface area contributed by atoms with Crippen molar-refractivity contribution in [1.29, 1.82) is 0 Å². The highest BCUT2D eigenvalue weighted by Gasteiger charge is 2.17. The van der Waals surface area contributed by atoms with Gasteiger partial charge < -0.3 is 11.1 Å². The molecule has 1 amide bonds. The van der Waals surface area contributed by atoms with Crippen molar-refractivity contribution in [3.8, 4) is 0 Å². The predicted octanol–water partition coefficient (Wildman–Crippen LogP) is 2.84. The maximum Gasteiger partial charge on any atom is 0.252 e. The second kappa shape index (κ2) is 5.41. The zero-order valence-electron chi connectivity index (χ0n) is 9.71. The SMILES string of the molecule is Nc1ccc(Cl)c(C(=O)NCCC2CCC2)c1. The molecule has 0 unspecified atom stereocenters. The van der Waals surface area contributed by atoms with Gasteiger partial charge in [-0.1, -0.05) is 30.9 Å². The summed E-state index contributed by atoms with van der Waals surface area (Å²) in [5.74, 6) is 0.660. The average Bonchev–Trinajstić information content (AvgIpc) is 2.25. The Morgan fingerprint density at radius 1 is 1.47 bits per heavy atom. The van der Waals surface area contributed by atoms with Gasteiger partial charge in [0.15, 0.2) is 0 Å². The number of hydrogen-bond acceptors (Lipinski definition) is 2. The van der Waals surface area contributed by atoms with Gasteiger partial charge in [-0.25, -0.2) is 0 Å². The minimum Gasteiger partial charge on any atom is -0.399 e. The van der Waals surface area contributed by atoms with Gasteiger partial charge in [0, 0.05) is 12.2 Å². The summed E-state index contributed by atoms with van der Waals surface area (Å²) in [5.41, 5.74) is 6.65. The predicted molar refractivity (Wildman–Crippen MR) is 70.2 cm³/mol. The molecule has 0 bridgehead atoms. The highest BCUT2D eigenvalue weighted by molar-refractivity contribution is 6.34. The highest BCUT2D eigenvalue weighted by Crippen LogP contribution is 2.28. The molecule has 1 aliphatic rings. The number of nitrogen functional groups attached to an aromatic ring is 1. The van der Waals surface area contributed by atoms with Crippen molar-refractivity contribution in [2.75, 3.05) is 12.3 Å². The molecule has 17 heavy (non-hydrogen) atoms. The average molecular weight is 253 g/mol. The van der Waals surface area contributed by atoms with Gasteiger partial charge in [0.1, 0.15) is 0 Å². The van der Waals surface area contributed by atoms with E-state index in [0.29, 0.717) is 22.8 Å². The number of anilines is 1. The molecule has 0 aliphatic heterocycles. The summed E-state index contributed by atoms with van der Waals surface area (Å²) in [6, 6.07) is 4.95. The van der Waals surface area contributed by atoms with Gasteiger partial charge in [-0.05, 0) is 30.5 Å². The van der Waals surface area contributed by atoms with Crippen LogP contribution in [0.2, 0.25) is 5.02 Å². The monoisotopic (exact) mass is 252 g/mol. The van der Waals surface area contributed by atoms with Gasteiger partial charge in [0.25, 0.3) is 5.91 Å². The Kier molecular flexibility index (Phi) is 3.89. The molecule has 0 spiro atoms. The molecule has 1 fully saturated rings. The highest BCUT2D eigenvalue weighted by atomic mass is 35.5. The van der Waals surface area contributed by atoms with Crippen molar-refractivity contribution >= 4 is 23.2 Å². The zero-order valence-corrected chi connectivity index (χ0v) is 10.5. The first-order valence-electron chi connectivity index (χ1n) is 6.00. The molecule has 0 aromatic heterocycles. The van der Waals surface area contributed by atoms with E-state index in [1.165, 1.54) is 19.3 Å².